The second kappa shape index (κ2) is 11.2. The van der Waals surface area contributed by atoms with Crippen molar-refractivity contribution in [2.75, 3.05) is 37.1 Å². The molecule has 0 bridgehead atoms. The van der Waals surface area contributed by atoms with Gasteiger partial charge in [0.15, 0.2) is 11.5 Å². The summed E-state index contributed by atoms with van der Waals surface area (Å²) < 4.78 is 10.7. The van der Waals surface area contributed by atoms with Gasteiger partial charge in [0, 0.05) is 36.9 Å². The lowest BCUT2D eigenvalue weighted by molar-refractivity contribution is -0.132. The molecule has 2 aromatic carbocycles. The van der Waals surface area contributed by atoms with Crippen LogP contribution in [0.25, 0.3) is 5.76 Å². The van der Waals surface area contributed by atoms with Gasteiger partial charge in [0.2, 0.25) is 0 Å². The first-order chi connectivity index (χ1) is 18.9. The zero-order valence-corrected chi connectivity index (χ0v) is 23.0. The number of carbonyl (C=O) groups is 2. The number of rotatable bonds is 6. The third kappa shape index (κ3) is 4.79. The molecule has 2 fully saturated rings. The number of nitrogens with zero attached hydrogens (tertiary/aromatic N) is 3. The number of carbonyl (C=O) groups excluding carboxylic acids is 2. The molecule has 1 unspecified atom stereocenters. The summed E-state index contributed by atoms with van der Waals surface area (Å²) in [4.78, 5) is 34.8. The SMILES string of the molecule is COc1c(Cl)cc(/C(O)=C2\C(=O)C(=O)N(c3ccc(N4CCCCC4)cc3)C2c2ccncc2)c(OC)c1Cl. The van der Waals surface area contributed by atoms with Crippen LogP contribution in [-0.4, -0.2) is 49.1 Å². The number of Topliss-reactive ketones (excluding diaryl/α,β-unsaturated/α-hetero) is 1. The Kier molecular flexibility index (Phi) is 7.68. The highest BCUT2D eigenvalue weighted by Gasteiger charge is 2.47. The van der Waals surface area contributed by atoms with Gasteiger partial charge in [-0.15, -0.1) is 0 Å². The molecule has 8 nitrogen and oxygen atoms in total. The molecule has 2 aliphatic heterocycles. The molecule has 5 rings (SSSR count). The van der Waals surface area contributed by atoms with E-state index in [0.717, 1.165) is 31.6 Å². The Balaban J connectivity index is 1.65. The number of piperidine rings is 1. The number of amides is 1. The number of hydrogen-bond acceptors (Lipinski definition) is 7. The zero-order chi connectivity index (χ0) is 27.7. The average Bonchev–Trinajstić information content (AvgIpc) is 3.23. The minimum absolute atomic E-state index is 0.0250. The molecule has 10 heteroatoms. The molecule has 39 heavy (non-hydrogen) atoms. The predicted molar refractivity (Wildman–Crippen MR) is 151 cm³/mol. The topological polar surface area (TPSA) is 92.2 Å². The van der Waals surface area contributed by atoms with Gasteiger partial charge in [-0.25, -0.2) is 0 Å². The van der Waals surface area contributed by atoms with Crippen molar-refractivity contribution >= 4 is 52.0 Å². The summed E-state index contributed by atoms with van der Waals surface area (Å²) in [6.07, 6.45) is 6.64. The molecule has 3 heterocycles. The predicted octanol–water partition coefficient (Wildman–Crippen LogP) is 6.02. The largest absolute Gasteiger partial charge is 0.507 e. The number of pyridine rings is 1. The average molecular weight is 568 g/mol. The van der Waals surface area contributed by atoms with Crippen molar-refractivity contribution in [3.63, 3.8) is 0 Å². The third-order valence-electron chi connectivity index (χ3n) is 7.11. The Morgan fingerprint density at radius 3 is 2.15 bits per heavy atom. The Hall–Kier alpha value is -3.75. The standard InChI is InChI=1S/C29H27Cl2N3O5/c1-38-27-20(16-21(30)28(39-2)23(27)31)25(35)22-24(17-10-12-32-13-11-17)34(29(37)26(22)36)19-8-6-18(7-9-19)33-14-4-3-5-15-33/h6-13,16,24,35H,3-5,14-15H2,1-2H3/b25-22+. The smallest absolute Gasteiger partial charge is 0.300 e. The van der Waals surface area contributed by atoms with Crippen LogP contribution in [0.2, 0.25) is 10.0 Å². The second-order valence-electron chi connectivity index (χ2n) is 9.30. The van der Waals surface area contributed by atoms with Gasteiger partial charge in [0.1, 0.15) is 10.8 Å². The molecule has 1 amide bonds. The summed E-state index contributed by atoms with van der Waals surface area (Å²) in [6, 6.07) is 11.4. The molecule has 1 N–H and O–H groups in total. The quantitative estimate of drug-likeness (QED) is 0.221. The molecule has 0 aliphatic carbocycles. The van der Waals surface area contributed by atoms with Crippen LogP contribution in [0.1, 0.15) is 36.4 Å². The van der Waals surface area contributed by atoms with Crippen molar-refractivity contribution in [1.82, 2.24) is 4.98 Å². The van der Waals surface area contributed by atoms with Crippen LogP contribution >= 0.6 is 23.2 Å². The Morgan fingerprint density at radius 1 is 0.923 bits per heavy atom. The first kappa shape index (κ1) is 26.8. The lowest BCUT2D eigenvalue weighted by Gasteiger charge is -2.30. The highest BCUT2D eigenvalue weighted by atomic mass is 35.5. The van der Waals surface area contributed by atoms with E-state index in [1.165, 1.54) is 31.6 Å². The van der Waals surface area contributed by atoms with Crippen molar-refractivity contribution in [3.8, 4) is 11.5 Å². The highest BCUT2D eigenvalue weighted by Crippen LogP contribution is 2.48. The summed E-state index contributed by atoms with van der Waals surface area (Å²) in [5.74, 6) is -1.87. The molecule has 2 aliphatic rings. The fourth-order valence-electron chi connectivity index (χ4n) is 5.23. The lowest BCUT2D eigenvalue weighted by Crippen LogP contribution is -2.30. The summed E-state index contributed by atoms with van der Waals surface area (Å²) in [5.41, 5.74) is 2.11. The number of anilines is 2. The lowest BCUT2D eigenvalue weighted by atomic mass is 9.95. The molecule has 0 saturated carbocycles. The number of methoxy groups -OCH3 is 2. The normalized spacial score (nSPS) is 18.9. The number of ketones is 1. The van der Waals surface area contributed by atoms with Crippen LogP contribution < -0.4 is 19.3 Å². The van der Waals surface area contributed by atoms with E-state index in [-0.39, 0.29) is 32.7 Å². The van der Waals surface area contributed by atoms with E-state index in [1.54, 1.807) is 24.5 Å². The molecule has 0 spiro atoms. The second-order valence-corrected chi connectivity index (χ2v) is 10.1. The van der Waals surface area contributed by atoms with Gasteiger partial charge >= 0.3 is 0 Å². The number of aliphatic hydroxyl groups excluding tert-OH is 1. The monoisotopic (exact) mass is 567 g/mol. The van der Waals surface area contributed by atoms with Gasteiger partial charge in [0.05, 0.1) is 36.4 Å². The van der Waals surface area contributed by atoms with E-state index in [1.807, 2.05) is 24.3 Å². The van der Waals surface area contributed by atoms with Gasteiger partial charge in [0.25, 0.3) is 11.7 Å². The number of aromatic nitrogens is 1. The maximum absolute atomic E-state index is 13.5. The van der Waals surface area contributed by atoms with Crippen molar-refractivity contribution in [2.45, 2.75) is 25.3 Å². The van der Waals surface area contributed by atoms with Crippen molar-refractivity contribution < 1.29 is 24.2 Å². The first-order valence-electron chi connectivity index (χ1n) is 12.5. The molecule has 2 saturated heterocycles. The summed E-state index contributed by atoms with van der Waals surface area (Å²) >= 11 is 12.8. The summed E-state index contributed by atoms with van der Waals surface area (Å²) in [6.45, 7) is 1.96. The number of aliphatic hydroxyl groups is 1. The minimum atomic E-state index is -0.932. The fraction of sp³-hybridized carbons (Fsp3) is 0.276. The third-order valence-corrected chi connectivity index (χ3v) is 7.73. The minimum Gasteiger partial charge on any atom is -0.507 e. The van der Waals surface area contributed by atoms with Gasteiger partial charge in [-0.2, -0.15) is 0 Å². The number of hydrogen-bond donors (Lipinski definition) is 1. The van der Waals surface area contributed by atoms with E-state index < -0.39 is 23.5 Å². The van der Waals surface area contributed by atoms with Crippen LogP contribution in [0.15, 0.2) is 60.4 Å². The molecular formula is C29H27Cl2N3O5. The Labute approximate surface area is 236 Å². The van der Waals surface area contributed by atoms with Crippen molar-refractivity contribution in [3.05, 3.63) is 81.6 Å². The molecule has 3 aromatic rings. The zero-order valence-electron chi connectivity index (χ0n) is 21.5. The molecule has 202 valence electrons. The molecule has 1 aromatic heterocycles. The van der Waals surface area contributed by atoms with E-state index >= 15 is 0 Å². The number of ether oxygens (including phenoxy) is 2. The van der Waals surface area contributed by atoms with Gasteiger partial charge in [-0.3, -0.25) is 19.5 Å². The van der Waals surface area contributed by atoms with Crippen LogP contribution in [-0.2, 0) is 9.59 Å². The van der Waals surface area contributed by atoms with Crippen LogP contribution in [0.4, 0.5) is 11.4 Å². The summed E-state index contributed by atoms with van der Waals surface area (Å²) in [7, 11) is 2.77. The van der Waals surface area contributed by atoms with Crippen molar-refractivity contribution in [1.29, 1.82) is 0 Å². The molecular weight excluding hydrogens is 541 g/mol. The van der Waals surface area contributed by atoms with Gasteiger partial charge in [-0.05, 0) is 67.3 Å². The van der Waals surface area contributed by atoms with E-state index in [4.69, 9.17) is 32.7 Å². The van der Waals surface area contributed by atoms with Crippen LogP contribution in [0.3, 0.4) is 0 Å². The molecule has 1 atom stereocenters. The van der Waals surface area contributed by atoms with Gasteiger partial charge in [-0.1, -0.05) is 23.2 Å². The fourth-order valence-corrected chi connectivity index (χ4v) is 5.91. The summed E-state index contributed by atoms with van der Waals surface area (Å²) in [5, 5.41) is 11.7. The van der Waals surface area contributed by atoms with E-state index in [2.05, 4.69) is 9.88 Å². The van der Waals surface area contributed by atoms with Crippen LogP contribution in [0, 0.1) is 0 Å². The molecule has 0 radical (unpaired) electrons. The maximum Gasteiger partial charge on any atom is 0.300 e. The highest BCUT2D eigenvalue weighted by molar-refractivity contribution is 6.52. The van der Waals surface area contributed by atoms with E-state index in [9.17, 15) is 14.7 Å². The number of halogens is 2. The van der Waals surface area contributed by atoms with Crippen LogP contribution in [0.5, 0.6) is 11.5 Å². The van der Waals surface area contributed by atoms with E-state index in [0.29, 0.717) is 11.3 Å². The Bertz CT molecular complexity index is 1440. The van der Waals surface area contributed by atoms with Crippen molar-refractivity contribution in [2.24, 2.45) is 0 Å². The maximum atomic E-state index is 13.5. The number of benzene rings is 2. The Morgan fingerprint density at radius 2 is 1.54 bits per heavy atom. The first-order valence-corrected chi connectivity index (χ1v) is 13.3. The van der Waals surface area contributed by atoms with Gasteiger partial charge < -0.3 is 19.5 Å².